The number of carbonyl (C=O) groups is 1. The van der Waals surface area contributed by atoms with E-state index in [0.29, 0.717) is 23.4 Å². The Kier molecular flexibility index (Phi) is 9.05. The van der Waals surface area contributed by atoms with Crippen molar-refractivity contribution >= 4 is 28.6 Å². The summed E-state index contributed by atoms with van der Waals surface area (Å²) in [6.45, 7) is 5.87. The normalized spacial score (nSPS) is 9.64. The van der Waals surface area contributed by atoms with Crippen LogP contribution in [0.4, 0.5) is 11.4 Å². The number of hydrogen-bond donors (Lipinski definition) is 4. The molecule has 2 aromatic carbocycles. The van der Waals surface area contributed by atoms with Gasteiger partial charge in [0.1, 0.15) is 0 Å². The van der Waals surface area contributed by atoms with Gasteiger partial charge in [0.2, 0.25) is 0 Å². The second kappa shape index (κ2) is 11.2. The average molecular weight is 385 g/mol. The van der Waals surface area contributed by atoms with E-state index in [9.17, 15) is 14.9 Å². The molecule has 0 heterocycles. The Hall–Kier alpha value is -3.52. The standard InChI is InChI=1S/C17H15N3O4.C3H8O/c1-11(17(21)22)14-7-2-3-8-16(14)19-10-15(18)12-5-4-6-13(9-12)20(23)24;1-2-3-4/h2-9,18-19H,1,10H2,(H,21,22);4H,2-3H2,1H3. The molecule has 8 nitrogen and oxygen atoms in total. The van der Waals surface area contributed by atoms with Gasteiger partial charge in [-0.05, 0) is 12.5 Å². The van der Waals surface area contributed by atoms with Crippen LogP contribution in [-0.4, -0.2) is 40.0 Å². The van der Waals surface area contributed by atoms with Gasteiger partial charge in [-0.2, -0.15) is 0 Å². The van der Waals surface area contributed by atoms with Gasteiger partial charge in [0.05, 0.1) is 22.8 Å². The Morgan fingerprint density at radius 3 is 2.46 bits per heavy atom. The van der Waals surface area contributed by atoms with Gasteiger partial charge in [-0.1, -0.05) is 43.8 Å². The number of nitrogens with one attached hydrogen (secondary N) is 2. The number of aliphatic hydroxyl groups excluding tert-OH is 1. The first-order valence-corrected chi connectivity index (χ1v) is 8.50. The number of rotatable bonds is 8. The van der Waals surface area contributed by atoms with Crippen LogP contribution in [-0.2, 0) is 4.79 Å². The van der Waals surface area contributed by atoms with Crippen LogP contribution >= 0.6 is 0 Å². The van der Waals surface area contributed by atoms with Crippen LogP contribution in [0.1, 0.15) is 24.5 Å². The zero-order valence-electron chi connectivity index (χ0n) is 15.5. The summed E-state index contributed by atoms with van der Waals surface area (Å²) in [5.74, 6) is -1.13. The molecule has 0 saturated carbocycles. The van der Waals surface area contributed by atoms with Crippen LogP contribution in [0, 0.1) is 15.5 Å². The molecule has 0 aliphatic carbocycles. The van der Waals surface area contributed by atoms with Crippen molar-refractivity contribution in [3.05, 3.63) is 76.4 Å². The molecular weight excluding hydrogens is 362 g/mol. The van der Waals surface area contributed by atoms with Crippen molar-refractivity contribution in [2.24, 2.45) is 0 Å². The largest absolute Gasteiger partial charge is 0.478 e. The maximum Gasteiger partial charge on any atom is 0.335 e. The summed E-state index contributed by atoms with van der Waals surface area (Å²) in [6, 6.07) is 12.5. The maximum absolute atomic E-state index is 11.1. The van der Waals surface area contributed by atoms with E-state index in [-0.39, 0.29) is 23.5 Å². The van der Waals surface area contributed by atoms with Crippen LogP contribution in [0.3, 0.4) is 0 Å². The molecule has 2 aromatic rings. The predicted molar refractivity (Wildman–Crippen MR) is 109 cm³/mol. The van der Waals surface area contributed by atoms with E-state index in [2.05, 4.69) is 11.9 Å². The number of carboxylic acid groups (broad SMARTS) is 1. The van der Waals surface area contributed by atoms with Gasteiger partial charge in [0.25, 0.3) is 5.69 Å². The molecule has 0 aliphatic heterocycles. The van der Waals surface area contributed by atoms with Gasteiger partial charge in [-0.15, -0.1) is 0 Å². The fraction of sp³-hybridized carbons (Fsp3) is 0.200. The van der Waals surface area contributed by atoms with Crippen LogP contribution in [0.5, 0.6) is 0 Å². The molecule has 0 fully saturated rings. The molecule has 148 valence electrons. The minimum Gasteiger partial charge on any atom is -0.478 e. The van der Waals surface area contributed by atoms with E-state index in [1.165, 1.54) is 18.2 Å². The van der Waals surface area contributed by atoms with Crippen molar-refractivity contribution in [2.45, 2.75) is 13.3 Å². The lowest BCUT2D eigenvalue weighted by atomic mass is 10.0. The second-order valence-electron chi connectivity index (χ2n) is 5.69. The SMILES string of the molecule is C=C(C(=O)O)c1ccccc1NCC(=N)c1cccc([N+](=O)[O-])c1.CCCO. The van der Waals surface area contributed by atoms with E-state index < -0.39 is 10.9 Å². The van der Waals surface area contributed by atoms with E-state index in [1.54, 1.807) is 30.3 Å². The Morgan fingerprint density at radius 1 is 1.25 bits per heavy atom. The Bertz CT molecular complexity index is 862. The number of nitrogens with zero attached hydrogens (tertiary/aromatic N) is 1. The molecule has 0 spiro atoms. The molecule has 0 unspecified atom stereocenters. The Labute approximate surface area is 162 Å². The number of benzene rings is 2. The number of nitro groups is 1. The number of carboxylic acids is 1. The molecule has 0 aromatic heterocycles. The molecule has 0 bridgehead atoms. The maximum atomic E-state index is 11.1. The predicted octanol–water partition coefficient (Wildman–Crippen LogP) is 3.56. The molecule has 0 atom stereocenters. The highest BCUT2D eigenvalue weighted by molar-refractivity contribution is 6.16. The lowest BCUT2D eigenvalue weighted by Crippen LogP contribution is -2.15. The number of aliphatic hydroxyl groups is 1. The first-order valence-electron chi connectivity index (χ1n) is 8.50. The van der Waals surface area contributed by atoms with Crippen molar-refractivity contribution in [3.63, 3.8) is 0 Å². The Morgan fingerprint density at radius 2 is 1.89 bits per heavy atom. The van der Waals surface area contributed by atoms with E-state index >= 15 is 0 Å². The van der Waals surface area contributed by atoms with Crippen LogP contribution in [0.2, 0.25) is 0 Å². The molecule has 4 N–H and O–H groups in total. The number of non-ortho nitro benzene ring substituents is 1. The smallest absolute Gasteiger partial charge is 0.335 e. The third-order valence-corrected chi connectivity index (χ3v) is 3.59. The highest BCUT2D eigenvalue weighted by Gasteiger charge is 2.13. The minimum atomic E-state index is -1.13. The third-order valence-electron chi connectivity index (χ3n) is 3.59. The van der Waals surface area contributed by atoms with Crippen molar-refractivity contribution in [3.8, 4) is 0 Å². The fourth-order valence-electron chi connectivity index (χ4n) is 2.11. The molecule has 0 aliphatic rings. The summed E-state index contributed by atoms with van der Waals surface area (Å²) in [5.41, 5.74) is 1.38. The third kappa shape index (κ3) is 6.65. The zero-order valence-corrected chi connectivity index (χ0v) is 15.5. The summed E-state index contributed by atoms with van der Waals surface area (Å²) in [7, 11) is 0. The average Bonchev–Trinajstić information content (AvgIpc) is 2.71. The molecular formula is C20H23N3O5. The van der Waals surface area contributed by atoms with E-state index in [4.69, 9.17) is 15.6 Å². The van der Waals surface area contributed by atoms with Crippen LogP contribution < -0.4 is 5.32 Å². The van der Waals surface area contributed by atoms with Crippen molar-refractivity contribution in [1.82, 2.24) is 0 Å². The second-order valence-corrected chi connectivity index (χ2v) is 5.69. The quantitative estimate of drug-likeness (QED) is 0.237. The topological polar surface area (TPSA) is 137 Å². The first-order chi connectivity index (χ1) is 13.3. The van der Waals surface area contributed by atoms with Crippen LogP contribution in [0.25, 0.3) is 5.57 Å². The summed E-state index contributed by atoms with van der Waals surface area (Å²) in [5, 5.41) is 38.8. The van der Waals surface area contributed by atoms with Gasteiger partial charge in [0.15, 0.2) is 0 Å². The molecule has 0 radical (unpaired) electrons. The molecule has 0 saturated heterocycles. The van der Waals surface area contributed by atoms with E-state index in [0.717, 1.165) is 6.42 Å². The number of nitro benzene ring substituents is 1. The summed E-state index contributed by atoms with van der Waals surface area (Å²) in [4.78, 5) is 21.4. The van der Waals surface area contributed by atoms with Gasteiger partial charge in [0, 0.05) is 35.6 Å². The number of para-hydroxylation sites is 1. The molecule has 28 heavy (non-hydrogen) atoms. The number of hydrogen-bond acceptors (Lipinski definition) is 6. The zero-order chi connectivity index (χ0) is 21.1. The fourth-order valence-corrected chi connectivity index (χ4v) is 2.11. The number of anilines is 1. The van der Waals surface area contributed by atoms with Gasteiger partial charge >= 0.3 is 5.97 Å². The van der Waals surface area contributed by atoms with Gasteiger partial charge < -0.3 is 20.9 Å². The van der Waals surface area contributed by atoms with Gasteiger partial charge in [-0.25, -0.2) is 4.79 Å². The highest BCUT2D eigenvalue weighted by atomic mass is 16.6. The Balaban J connectivity index is 0.000000892. The van der Waals surface area contributed by atoms with Crippen LogP contribution in [0.15, 0.2) is 55.1 Å². The summed E-state index contributed by atoms with van der Waals surface area (Å²) >= 11 is 0. The first kappa shape index (κ1) is 22.5. The monoisotopic (exact) mass is 385 g/mol. The van der Waals surface area contributed by atoms with E-state index in [1.807, 2.05) is 6.92 Å². The number of aliphatic carboxylic acids is 1. The van der Waals surface area contributed by atoms with Crippen molar-refractivity contribution in [1.29, 1.82) is 5.41 Å². The van der Waals surface area contributed by atoms with Crippen molar-refractivity contribution in [2.75, 3.05) is 18.5 Å². The summed E-state index contributed by atoms with van der Waals surface area (Å²) < 4.78 is 0. The summed E-state index contributed by atoms with van der Waals surface area (Å²) in [6.07, 6.45) is 0.875. The lowest BCUT2D eigenvalue weighted by molar-refractivity contribution is -0.384. The lowest BCUT2D eigenvalue weighted by Gasteiger charge is -2.12. The van der Waals surface area contributed by atoms with Crippen molar-refractivity contribution < 1.29 is 19.9 Å². The molecule has 8 heteroatoms. The van der Waals surface area contributed by atoms with Gasteiger partial charge in [-0.3, -0.25) is 10.1 Å². The molecule has 0 amide bonds. The highest BCUT2D eigenvalue weighted by Crippen LogP contribution is 2.23. The minimum absolute atomic E-state index is 0.0556. The molecule has 2 rings (SSSR count).